The van der Waals surface area contributed by atoms with E-state index >= 15 is 0 Å². The van der Waals surface area contributed by atoms with Gasteiger partial charge in [0.15, 0.2) is 11.6 Å². The number of H-pyrrole nitrogens is 1. The van der Waals surface area contributed by atoms with Gasteiger partial charge in [0.05, 0.1) is 18.8 Å². The minimum Gasteiger partial charge on any atom is -0.490 e. The van der Waals surface area contributed by atoms with Crippen LogP contribution in [0.1, 0.15) is 44.1 Å². The van der Waals surface area contributed by atoms with E-state index in [4.69, 9.17) is 4.74 Å². The van der Waals surface area contributed by atoms with Crippen molar-refractivity contribution in [2.75, 3.05) is 13.7 Å². The highest BCUT2D eigenvalue weighted by molar-refractivity contribution is 5.76. The molecule has 154 valence electrons. The average molecular weight is 400 g/mol. The van der Waals surface area contributed by atoms with Crippen LogP contribution in [0.25, 0.3) is 6.58 Å². The number of aromatic nitrogens is 2. The van der Waals surface area contributed by atoms with Gasteiger partial charge in [0.25, 0.3) is 5.56 Å². The lowest BCUT2D eigenvalue weighted by Crippen LogP contribution is -2.35. The molecule has 1 N–H and O–H groups in total. The van der Waals surface area contributed by atoms with Crippen molar-refractivity contribution in [2.24, 2.45) is 4.99 Å². The SMILES string of the molecule is C=c1c(=O)[nH]c2n1Cc1c(ccc(F)c1OCCCC(=O)N(C)C1CCCC1)N=2. The third-order valence-electron chi connectivity index (χ3n) is 5.85. The van der Waals surface area contributed by atoms with Crippen LogP contribution in [0, 0.1) is 5.82 Å². The summed E-state index contributed by atoms with van der Waals surface area (Å²) < 4.78 is 21.8. The van der Waals surface area contributed by atoms with Crippen LogP contribution in [0.3, 0.4) is 0 Å². The highest BCUT2D eigenvalue weighted by Gasteiger charge is 2.23. The Kier molecular flexibility index (Phi) is 5.25. The minimum absolute atomic E-state index is 0.100. The van der Waals surface area contributed by atoms with Gasteiger partial charge in [0, 0.05) is 25.1 Å². The minimum atomic E-state index is -0.485. The van der Waals surface area contributed by atoms with E-state index in [1.165, 1.54) is 18.9 Å². The molecule has 0 bridgehead atoms. The van der Waals surface area contributed by atoms with Crippen molar-refractivity contribution >= 4 is 18.2 Å². The maximum absolute atomic E-state index is 14.4. The summed E-state index contributed by atoms with van der Waals surface area (Å²) in [4.78, 5) is 33.0. The highest BCUT2D eigenvalue weighted by Crippen LogP contribution is 2.33. The van der Waals surface area contributed by atoms with Gasteiger partial charge in [0.1, 0.15) is 5.35 Å². The molecule has 2 heterocycles. The van der Waals surface area contributed by atoms with E-state index < -0.39 is 5.82 Å². The van der Waals surface area contributed by atoms with Crippen LogP contribution in [-0.2, 0) is 11.3 Å². The first kappa shape index (κ1) is 19.4. The van der Waals surface area contributed by atoms with Gasteiger partial charge in [-0.05, 0) is 31.4 Å². The molecule has 1 amide bonds. The number of hydrogen-bond donors (Lipinski definition) is 1. The van der Waals surface area contributed by atoms with E-state index in [9.17, 15) is 14.0 Å². The molecular formula is C21H25FN4O3. The number of amides is 1. The zero-order valence-corrected chi connectivity index (χ0v) is 16.5. The Labute approximate surface area is 167 Å². The molecule has 29 heavy (non-hydrogen) atoms. The molecule has 0 spiro atoms. The normalized spacial score (nSPS) is 15.5. The predicted molar refractivity (Wildman–Crippen MR) is 106 cm³/mol. The molecule has 1 fully saturated rings. The van der Waals surface area contributed by atoms with Crippen LogP contribution in [0.4, 0.5) is 10.1 Å². The Morgan fingerprint density at radius 3 is 2.93 bits per heavy atom. The molecule has 1 aromatic heterocycles. The Bertz CT molecular complexity index is 1100. The Balaban J connectivity index is 1.42. The second kappa shape index (κ2) is 7.85. The lowest BCUT2D eigenvalue weighted by Gasteiger charge is -2.24. The Hall–Kier alpha value is -2.90. The zero-order chi connectivity index (χ0) is 20.5. The van der Waals surface area contributed by atoms with Crippen molar-refractivity contribution in [3.8, 4) is 5.75 Å². The summed E-state index contributed by atoms with van der Waals surface area (Å²) in [6.45, 7) is 4.23. The lowest BCUT2D eigenvalue weighted by atomic mass is 10.1. The number of ether oxygens (including phenoxy) is 1. The van der Waals surface area contributed by atoms with Gasteiger partial charge in [-0.3, -0.25) is 14.6 Å². The molecule has 0 radical (unpaired) electrons. The topological polar surface area (TPSA) is 79.7 Å². The van der Waals surface area contributed by atoms with Gasteiger partial charge in [-0.15, -0.1) is 0 Å². The monoisotopic (exact) mass is 400 g/mol. The fourth-order valence-electron chi connectivity index (χ4n) is 4.09. The van der Waals surface area contributed by atoms with Crippen LogP contribution in [-0.4, -0.2) is 40.1 Å². The average Bonchev–Trinajstić information content (AvgIpc) is 3.33. The number of nitrogens with zero attached hydrogens (tertiary/aromatic N) is 3. The number of fused-ring (bicyclic) bond motifs is 2. The van der Waals surface area contributed by atoms with Gasteiger partial charge >= 0.3 is 0 Å². The van der Waals surface area contributed by atoms with Crippen molar-refractivity contribution in [1.29, 1.82) is 0 Å². The number of nitrogens with one attached hydrogen (secondary N) is 1. The van der Waals surface area contributed by atoms with Crippen LogP contribution in [0.15, 0.2) is 21.9 Å². The summed E-state index contributed by atoms with van der Waals surface area (Å²) in [6.07, 6.45) is 5.37. The lowest BCUT2D eigenvalue weighted by molar-refractivity contribution is -0.132. The quantitative estimate of drug-likeness (QED) is 0.639. The number of benzene rings is 1. The Morgan fingerprint density at radius 2 is 2.17 bits per heavy atom. The third-order valence-corrected chi connectivity index (χ3v) is 5.85. The van der Waals surface area contributed by atoms with Crippen molar-refractivity contribution in [3.05, 3.63) is 44.8 Å². The number of halogens is 1. The first-order valence-electron chi connectivity index (χ1n) is 10.0. The van der Waals surface area contributed by atoms with E-state index in [-0.39, 0.29) is 35.7 Å². The van der Waals surface area contributed by atoms with E-state index in [2.05, 4.69) is 16.6 Å². The maximum Gasteiger partial charge on any atom is 0.274 e. The van der Waals surface area contributed by atoms with Crippen LogP contribution >= 0.6 is 0 Å². The summed E-state index contributed by atoms with van der Waals surface area (Å²) in [6, 6.07) is 3.21. The molecule has 1 saturated carbocycles. The molecule has 0 atom stereocenters. The molecule has 2 aliphatic rings. The summed E-state index contributed by atoms with van der Waals surface area (Å²) in [5, 5.41) is 0.269. The molecule has 1 aliphatic heterocycles. The van der Waals surface area contributed by atoms with E-state index in [1.807, 2.05) is 11.9 Å². The van der Waals surface area contributed by atoms with Crippen LogP contribution < -0.4 is 21.3 Å². The highest BCUT2D eigenvalue weighted by atomic mass is 19.1. The molecule has 2 aromatic rings. The molecule has 8 heteroatoms. The van der Waals surface area contributed by atoms with E-state index in [1.54, 1.807) is 10.6 Å². The smallest absolute Gasteiger partial charge is 0.274 e. The van der Waals surface area contributed by atoms with Gasteiger partial charge in [-0.25, -0.2) is 9.38 Å². The van der Waals surface area contributed by atoms with Gasteiger partial charge < -0.3 is 14.2 Å². The second-order valence-electron chi connectivity index (χ2n) is 7.69. The van der Waals surface area contributed by atoms with E-state index in [0.717, 1.165) is 12.8 Å². The fourth-order valence-corrected chi connectivity index (χ4v) is 4.09. The summed E-state index contributed by atoms with van der Waals surface area (Å²) >= 11 is 0. The van der Waals surface area contributed by atoms with Gasteiger partial charge in [-0.1, -0.05) is 19.4 Å². The summed E-state index contributed by atoms with van der Waals surface area (Å²) in [5.41, 5.74) is 1.20. The van der Waals surface area contributed by atoms with Crippen LogP contribution in [0.5, 0.6) is 5.75 Å². The predicted octanol–water partition coefficient (Wildman–Crippen LogP) is 1.60. The van der Waals surface area contributed by atoms with Crippen molar-refractivity contribution in [3.63, 3.8) is 0 Å². The number of carbonyl (C=O) groups excluding carboxylic acids is 1. The molecule has 1 aromatic carbocycles. The fraction of sp³-hybridized carbons (Fsp3) is 0.476. The number of carbonyl (C=O) groups is 1. The van der Waals surface area contributed by atoms with Crippen molar-refractivity contribution < 1.29 is 13.9 Å². The number of imidazole rings is 1. The standard InChI is InChI=1S/C21H25FN4O3/c1-13-20(28)24-21-23-17-10-9-16(22)19(15(17)12-26(13)21)29-11-5-8-18(27)25(2)14-6-3-4-7-14/h9-10,14H,1,3-8,11-12H2,2H3,(H,23,24,28). The number of rotatable bonds is 6. The number of aromatic amines is 1. The largest absolute Gasteiger partial charge is 0.490 e. The molecule has 4 rings (SSSR count). The Morgan fingerprint density at radius 1 is 1.41 bits per heavy atom. The van der Waals surface area contributed by atoms with Gasteiger partial charge in [0.2, 0.25) is 11.5 Å². The molecule has 0 saturated heterocycles. The first-order chi connectivity index (χ1) is 14.0. The summed E-state index contributed by atoms with van der Waals surface area (Å²) in [5.74, 6) is -0.266. The molecule has 7 nitrogen and oxygen atoms in total. The third kappa shape index (κ3) is 3.71. The first-order valence-corrected chi connectivity index (χ1v) is 10.0. The molecule has 0 unspecified atom stereocenters. The summed E-state index contributed by atoms with van der Waals surface area (Å²) in [7, 11) is 1.86. The zero-order valence-electron chi connectivity index (χ0n) is 16.5. The maximum atomic E-state index is 14.4. The number of hydrogen-bond acceptors (Lipinski definition) is 4. The molecule has 1 aliphatic carbocycles. The van der Waals surface area contributed by atoms with Gasteiger partial charge in [-0.2, -0.15) is 0 Å². The van der Waals surface area contributed by atoms with Crippen LogP contribution in [0.2, 0.25) is 0 Å². The molecular weight excluding hydrogens is 375 g/mol. The second-order valence-corrected chi connectivity index (χ2v) is 7.69. The van der Waals surface area contributed by atoms with E-state index in [0.29, 0.717) is 35.8 Å². The van der Waals surface area contributed by atoms with Crippen molar-refractivity contribution in [2.45, 2.75) is 51.1 Å². The van der Waals surface area contributed by atoms with Crippen molar-refractivity contribution in [1.82, 2.24) is 14.5 Å².